The highest BCUT2D eigenvalue weighted by Gasteiger charge is 2.28. The Morgan fingerprint density at radius 2 is 2.00 bits per heavy atom. The van der Waals surface area contributed by atoms with Crippen LogP contribution >= 0.6 is 0 Å². The molecule has 0 amide bonds. The van der Waals surface area contributed by atoms with Gasteiger partial charge in [-0.2, -0.15) is 0 Å². The second-order valence-corrected chi connectivity index (χ2v) is 4.23. The van der Waals surface area contributed by atoms with Gasteiger partial charge in [-0.1, -0.05) is 0 Å². The molecule has 0 atom stereocenters. The number of nitrogens with two attached hydrogens (primary N) is 1. The lowest BCUT2D eigenvalue weighted by atomic mass is 10.4. The Labute approximate surface area is 82.9 Å². The van der Waals surface area contributed by atoms with E-state index in [-0.39, 0.29) is 0 Å². The van der Waals surface area contributed by atoms with Crippen LogP contribution < -0.4 is 11.1 Å². The van der Waals surface area contributed by atoms with Gasteiger partial charge < -0.3 is 11.1 Å². The molecule has 3 rings (SSSR count). The lowest BCUT2D eigenvalue weighted by molar-refractivity contribution is 0.926. The van der Waals surface area contributed by atoms with Gasteiger partial charge in [0.05, 0.1) is 0 Å². The number of hydrogen-bond donors (Lipinski definition) is 2. The fourth-order valence-electron chi connectivity index (χ4n) is 1.52. The van der Waals surface area contributed by atoms with Gasteiger partial charge in [0.25, 0.3) is 0 Å². The fourth-order valence-corrected chi connectivity index (χ4v) is 1.52. The first-order valence-corrected chi connectivity index (χ1v) is 5.22. The minimum Gasteiger partial charge on any atom is -0.384 e. The first-order chi connectivity index (χ1) is 6.81. The maximum absolute atomic E-state index is 5.73. The summed E-state index contributed by atoms with van der Waals surface area (Å²) in [6.07, 6.45) is 4.93. The number of anilines is 2. The Morgan fingerprint density at radius 1 is 1.21 bits per heavy atom. The lowest BCUT2D eigenvalue weighted by Crippen LogP contribution is -2.07. The van der Waals surface area contributed by atoms with Crippen molar-refractivity contribution >= 4 is 11.6 Å². The van der Waals surface area contributed by atoms with Crippen molar-refractivity contribution < 1.29 is 0 Å². The molecule has 0 aromatic carbocycles. The van der Waals surface area contributed by atoms with Crippen LogP contribution in [-0.2, 0) is 0 Å². The van der Waals surface area contributed by atoms with Crippen molar-refractivity contribution in [3.05, 3.63) is 11.9 Å². The van der Waals surface area contributed by atoms with E-state index >= 15 is 0 Å². The smallest absolute Gasteiger partial charge is 0.136 e. The number of aromatic nitrogens is 2. The predicted molar refractivity (Wildman–Crippen MR) is 55.1 cm³/mol. The first kappa shape index (κ1) is 8.03. The van der Waals surface area contributed by atoms with Gasteiger partial charge in [0, 0.05) is 18.0 Å². The first-order valence-electron chi connectivity index (χ1n) is 5.22. The number of nitrogens with one attached hydrogen (secondary N) is 1. The lowest BCUT2D eigenvalue weighted by Gasteiger charge is -2.06. The van der Waals surface area contributed by atoms with Gasteiger partial charge in [-0.3, -0.25) is 0 Å². The van der Waals surface area contributed by atoms with Crippen LogP contribution in [-0.4, -0.2) is 16.0 Å². The SMILES string of the molecule is Nc1cc(NC2CC2)nc(C2CC2)n1. The third-order valence-corrected chi connectivity index (χ3v) is 2.64. The molecular weight excluding hydrogens is 176 g/mol. The standard InChI is InChI=1S/C10H14N4/c11-8-5-9(12-7-3-4-7)14-10(13-8)6-1-2-6/h5-7H,1-4H2,(H3,11,12,13,14). The highest BCUT2D eigenvalue weighted by atomic mass is 15.1. The van der Waals surface area contributed by atoms with Crippen LogP contribution in [0.5, 0.6) is 0 Å². The monoisotopic (exact) mass is 190 g/mol. The minimum absolute atomic E-state index is 0.568. The quantitative estimate of drug-likeness (QED) is 0.758. The molecule has 2 aliphatic rings. The summed E-state index contributed by atoms with van der Waals surface area (Å²) >= 11 is 0. The van der Waals surface area contributed by atoms with Gasteiger partial charge in [-0.05, 0) is 25.7 Å². The van der Waals surface area contributed by atoms with E-state index in [0.717, 1.165) is 11.6 Å². The maximum Gasteiger partial charge on any atom is 0.136 e. The second-order valence-electron chi connectivity index (χ2n) is 4.23. The van der Waals surface area contributed by atoms with E-state index in [2.05, 4.69) is 15.3 Å². The molecule has 2 saturated carbocycles. The molecule has 0 saturated heterocycles. The molecule has 0 spiro atoms. The largest absolute Gasteiger partial charge is 0.384 e. The van der Waals surface area contributed by atoms with Crippen molar-refractivity contribution in [3.8, 4) is 0 Å². The van der Waals surface area contributed by atoms with E-state index in [1.165, 1.54) is 25.7 Å². The normalized spacial score (nSPS) is 20.9. The maximum atomic E-state index is 5.73. The van der Waals surface area contributed by atoms with Crippen molar-refractivity contribution in [1.29, 1.82) is 0 Å². The molecule has 2 aliphatic carbocycles. The fraction of sp³-hybridized carbons (Fsp3) is 0.600. The van der Waals surface area contributed by atoms with E-state index < -0.39 is 0 Å². The molecule has 1 aromatic heterocycles. The zero-order valence-electron chi connectivity index (χ0n) is 8.03. The Kier molecular flexibility index (Phi) is 1.63. The van der Waals surface area contributed by atoms with E-state index in [9.17, 15) is 0 Å². The Hall–Kier alpha value is -1.32. The summed E-state index contributed by atoms with van der Waals surface area (Å²) < 4.78 is 0. The van der Waals surface area contributed by atoms with Crippen molar-refractivity contribution in [2.24, 2.45) is 0 Å². The summed E-state index contributed by atoms with van der Waals surface area (Å²) in [5, 5.41) is 3.35. The minimum atomic E-state index is 0.568. The van der Waals surface area contributed by atoms with Crippen molar-refractivity contribution in [2.75, 3.05) is 11.1 Å². The summed E-state index contributed by atoms with van der Waals surface area (Å²) in [4.78, 5) is 8.72. The number of hydrogen-bond acceptors (Lipinski definition) is 4. The molecule has 4 heteroatoms. The van der Waals surface area contributed by atoms with Crippen LogP contribution in [0.3, 0.4) is 0 Å². The van der Waals surface area contributed by atoms with Crippen molar-refractivity contribution in [3.63, 3.8) is 0 Å². The molecule has 0 aliphatic heterocycles. The molecule has 4 nitrogen and oxygen atoms in total. The third-order valence-electron chi connectivity index (χ3n) is 2.64. The molecule has 1 aromatic rings. The number of nitrogens with zero attached hydrogens (tertiary/aromatic N) is 2. The Morgan fingerprint density at radius 3 is 2.64 bits per heavy atom. The van der Waals surface area contributed by atoms with E-state index in [4.69, 9.17) is 5.73 Å². The molecule has 1 heterocycles. The van der Waals surface area contributed by atoms with Crippen LogP contribution in [0.1, 0.15) is 37.4 Å². The van der Waals surface area contributed by atoms with Gasteiger partial charge in [-0.25, -0.2) is 9.97 Å². The topological polar surface area (TPSA) is 63.8 Å². The third kappa shape index (κ3) is 1.64. The molecule has 3 N–H and O–H groups in total. The molecular formula is C10H14N4. The number of rotatable bonds is 3. The zero-order valence-corrected chi connectivity index (χ0v) is 8.03. The van der Waals surface area contributed by atoms with Gasteiger partial charge in [0.2, 0.25) is 0 Å². The Balaban J connectivity index is 1.85. The van der Waals surface area contributed by atoms with Gasteiger partial charge in [0.1, 0.15) is 17.5 Å². The van der Waals surface area contributed by atoms with E-state index in [1.807, 2.05) is 6.07 Å². The average Bonchev–Trinajstić information content (AvgIpc) is 2.99. The second kappa shape index (κ2) is 2.83. The van der Waals surface area contributed by atoms with Gasteiger partial charge >= 0.3 is 0 Å². The number of nitrogen functional groups attached to an aromatic ring is 1. The summed E-state index contributed by atoms with van der Waals surface area (Å²) in [5.74, 6) is 2.98. The molecule has 2 fully saturated rings. The average molecular weight is 190 g/mol. The van der Waals surface area contributed by atoms with Crippen LogP contribution in [0.25, 0.3) is 0 Å². The zero-order chi connectivity index (χ0) is 9.54. The van der Waals surface area contributed by atoms with E-state index in [1.54, 1.807) is 0 Å². The summed E-state index contributed by atoms with van der Waals surface area (Å²) in [5.41, 5.74) is 5.73. The summed E-state index contributed by atoms with van der Waals surface area (Å²) in [6, 6.07) is 2.45. The van der Waals surface area contributed by atoms with Gasteiger partial charge in [0.15, 0.2) is 0 Å². The van der Waals surface area contributed by atoms with Crippen LogP contribution in [0.15, 0.2) is 6.07 Å². The predicted octanol–water partition coefficient (Wildman–Crippen LogP) is 1.51. The highest BCUT2D eigenvalue weighted by molar-refractivity contribution is 5.46. The molecule has 0 bridgehead atoms. The van der Waals surface area contributed by atoms with Gasteiger partial charge in [-0.15, -0.1) is 0 Å². The molecule has 0 radical (unpaired) electrons. The van der Waals surface area contributed by atoms with E-state index in [0.29, 0.717) is 17.8 Å². The van der Waals surface area contributed by atoms with Crippen LogP contribution in [0, 0.1) is 0 Å². The summed E-state index contributed by atoms with van der Waals surface area (Å²) in [6.45, 7) is 0. The Bertz CT molecular complexity index is 355. The molecule has 14 heavy (non-hydrogen) atoms. The highest BCUT2D eigenvalue weighted by Crippen LogP contribution is 2.38. The summed E-state index contributed by atoms with van der Waals surface area (Å²) in [7, 11) is 0. The molecule has 74 valence electrons. The van der Waals surface area contributed by atoms with Crippen molar-refractivity contribution in [2.45, 2.75) is 37.6 Å². The van der Waals surface area contributed by atoms with Crippen LogP contribution in [0.4, 0.5) is 11.6 Å². The van der Waals surface area contributed by atoms with Crippen molar-refractivity contribution in [1.82, 2.24) is 9.97 Å². The van der Waals surface area contributed by atoms with Crippen LogP contribution in [0.2, 0.25) is 0 Å². The molecule has 0 unspecified atom stereocenters.